The van der Waals surface area contributed by atoms with Crippen molar-refractivity contribution < 1.29 is 4.42 Å². The monoisotopic (exact) mass is 991 g/mol. The number of nitrogens with zero attached hydrogens (tertiary/aromatic N) is 3. The van der Waals surface area contributed by atoms with Gasteiger partial charge in [-0.3, -0.25) is 0 Å². The van der Waals surface area contributed by atoms with Crippen LogP contribution >= 0.6 is 11.3 Å². The van der Waals surface area contributed by atoms with E-state index in [1.54, 1.807) is 0 Å². The average Bonchev–Trinajstić information content (AvgIpc) is 4.06. The zero-order chi connectivity index (χ0) is 51.7. The molecule has 368 valence electrons. The number of thiophene rings is 1. The highest BCUT2D eigenvalue weighted by molar-refractivity contribution is 7.33. The number of anilines is 9. The van der Waals surface area contributed by atoms with Gasteiger partial charge in [0.25, 0.3) is 6.71 Å². The van der Waals surface area contributed by atoms with Crippen molar-refractivity contribution in [2.24, 2.45) is 0 Å². The van der Waals surface area contributed by atoms with Gasteiger partial charge in [0.15, 0.2) is 5.58 Å². The predicted molar refractivity (Wildman–Crippen MR) is 324 cm³/mol. The number of para-hydroxylation sites is 2. The minimum absolute atomic E-state index is 0.0148. The normalized spacial score (nSPS) is 13.4. The molecule has 0 bridgehead atoms. The van der Waals surface area contributed by atoms with Crippen LogP contribution in [0, 0.1) is 6.92 Å². The molecule has 2 aromatic heterocycles. The van der Waals surface area contributed by atoms with Crippen molar-refractivity contribution in [1.29, 1.82) is 0 Å². The van der Waals surface area contributed by atoms with Gasteiger partial charge in [-0.05, 0) is 152 Å². The fraction of sp³-hybridized carbons (Fsp3) is 0.188. The van der Waals surface area contributed by atoms with E-state index in [4.69, 9.17) is 4.42 Å². The summed E-state index contributed by atoms with van der Waals surface area (Å²) in [5, 5.41) is 3.48. The molecule has 0 saturated heterocycles. The fourth-order valence-electron chi connectivity index (χ4n) is 11.8. The first-order valence-electron chi connectivity index (χ1n) is 26.5. The number of aryl methyl sites for hydroxylation is 1. The van der Waals surface area contributed by atoms with Crippen LogP contribution in [0.3, 0.4) is 0 Å². The van der Waals surface area contributed by atoms with E-state index in [9.17, 15) is 0 Å². The van der Waals surface area contributed by atoms with Gasteiger partial charge >= 0.3 is 0 Å². The van der Waals surface area contributed by atoms with Gasteiger partial charge in [0.2, 0.25) is 0 Å². The molecule has 2 aliphatic heterocycles. The molecule has 0 atom stereocenters. The maximum atomic E-state index is 7.00. The Morgan fingerprint density at radius 2 is 1.03 bits per heavy atom. The van der Waals surface area contributed by atoms with Crippen molar-refractivity contribution >= 4 is 117 Å². The summed E-state index contributed by atoms with van der Waals surface area (Å²) in [6.07, 6.45) is 0. The molecule has 0 N–H and O–H groups in total. The molecule has 0 fully saturated rings. The first kappa shape index (κ1) is 47.0. The fourth-order valence-corrected chi connectivity index (χ4v) is 13.1. The van der Waals surface area contributed by atoms with Crippen molar-refractivity contribution in [2.75, 3.05) is 14.7 Å². The Morgan fingerprint density at radius 1 is 0.453 bits per heavy atom. The maximum absolute atomic E-state index is 7.00. The van der Waals surface area contributed by atoms with Crippen molar-refractivity contribution in [3.63, 3.8) is 0 Å². The van der Waals surface area contributed by atoms with Crippen LogP contribution < -0.4 is 30.4 Å². The van der Waals surface area contributed by atoms with E-state index < -0.39 is 0 Å². The van der Waals surface area contributed by atoms with Crippen molar-refractivity contribution in [1.82, 2.24) is 0 Å². The zero-order valence-electron chi connectivity index (χ0n) is 44.7. The Kier molecular flexibility index (Phi) is 10.7. The third-order valence-electron chi connectivity index (χ3n) is 15.8. The van der Waals surface area contributed by atoms with E-state index in [1.807, 2.05) is 11.3 Å². The molecule has 9 aromatic carbocycles. The molecule has 0 radical (unpaired) electrons. The number of benzene rings is 9. The summed E-state index contributed by atoms with van der Waals surface area (Å²) < 4.78 is 9.62. The molecule has 4 heterocycles. The molecule has 0 amide bonds. The van der Waals surface area contributed by atoms with Gasteiger partial charge in [-0.25, -0.2) is 0 Å². The minimum Gasteiger partial charge on any atom is -0.454 e. The quantitative estimate of drug-likeness (QED) is 0.155. The molecule has 75 heavy (non-hydrogen) atoms. The second-order valence-corrected chi connectivity index (χ2v) is 25.0. The van der Waals surface area contributed by atoms with Crippen LogP contribution in [0.25, 0.3) is 43.2 Å². The number of rotatable bonds is 6. The molecule has 2 aliphatic rings. The smallest absolute Gasteiger partial charge is 0.264 e. The van der Waals surface area contributed by atoms with E-state index in [0.717, 1.165) is 61.8 Å². The molecule has 0 unspecified atom stereocenters. The number of fused-ring (bicyclic) bond motifs is 9. The molecule has 4 nitrogen and oxygen atoms in total. The molecule has 13 rings (SSSR count). The summed E-state index contributed by atoms with van der Waals surface area (Å²) in [5.74, 6) is 0. The van der Waals surface area contributed by atoms with Crippen LogP contribution in [0.2, 0.25) is 0 Å². The Hall–Kier alpha value is -7.80. The standard InChI is InChI=1S/C69H62BN3OS/c1-43-39-59-63-60(40-43)73(57-21-16-20-54-53-19-14-15-22-61(53)74-65(54)57)58-42-52(71(49-30-24-46(25-31-49)67(2,3)4)50-32-26-47(27-33-50)68(5,6)7)36-37-56(58)70(63)66-64(72(59)51-34-28-48(29-35-51)69(8,9)10)55-41-45(23-38-62(55)75-66)44-17-12-11-13-18-44/h11-42H,1-10H3. The first-order chi connectivity index (χ1) is 36.0. The highest BCUT2D eigenvalue weighted by Crippen LogP contribution is 2.51. The van der Waals surface area contributed by atoms with Gasteiger partial charge in [-0.2, -0.15) is 0 Å². The Labute approximate surface area is 446 Å². The van der Waals surface area contributed by atoms with Crippen LogP contribution in [-0.4, -0.2) is 6.71 Å². The molecule has 6 heteroatoms. The largest absolute Gasteiger partial charge is 0.454 e. The molecule has 0 saturated carbocycles. The third kappa shape index (κ3) is 7.79. The summed E-state index contributed by atoms with van der Waals surface area (Å²) >= 11 is 1.94. The Balaban J connectivity index is 1.11. The number of hydrogen-bond acceptors (Lipinski definition) is 5. The lowest BCUT2D eigenvalue weighted by Crippen LogP contribution is -2.60. The highest BCUT2D eigenvalue weighted by Gasteiger charge is 2.46. The van der Waals surface area contributed by atoms with E-state index in [2.05, 4.69) is 278 Å². The Morgan fingerprint density at radius 3 is 1.67 bits per heavy atom. The molecule has 0 spiro atoms. The Bertz CT molecular complexity index is 3960. The first-order valence-corrected chi connectivity index (χ1v) is 27.3. The highest BCUT2D eigenvalue weighted by atomic mass is 32.1. The van der Waals surface area contributed by atoms with E-state index in [1.165, 1.54) is 70.5 Å². The lowest BCUT2D eigenvalue weighted by molar-refractivity contribution is 0.590. The summed E-state index contributed by atoms with van der Waals surface area (Å²) in [5.41, 5.74) is 22.1. The van der Waals surface area contributed by atoms with Crippen molar-refractivity contribution in [2.45, 2.75) is 85.5 Å². The van der Waals surface area contributed by atoms with Crippen molar-refractivity contribution in [3.05, 3.63) is 216 Å². The SMILES string of the molecule is Cc1cc2c3c(c1)N(c1cccc4c1oc1ccccc14)c1cc(N(c4ccc(C(C)(C)C)cc4)c4ccc(C(C)(C)C)cc4)ccc1B3c1sc3ccc(-c4ccccc4)cc3c1N2c1ccc(C(C)(C)C)cc1. The molecule has 11 aromatic rings. The molecular formula is C69H62BN3OS. The van der Waals surface area contributed by atoms with Gasteiger partial charge in [-0.1, -0.05) is 172 Å². The lowest BCUT2D eigenvalue weighted by Gasteiger charge is -2.43. The van der Waals surface area contributed by atoms with Gasteiger partial charge in [0.1, 0.15) is 5.58 Å². The number of hydrogen-bond donors (Lipinski definition) is 0. The summed E-state index contributed by atoms with van der Waals surface area (Å²) in [6.45, 7) is 22.8. The van der Waals surface area contributed by atoms with Crippen LogP contribution in [0.15, 0.2) is 199 Å². The maximum Gasteiger partial charge on any atom is 0.264 e. The van der Waals surface area contributed by atoms with Crippen molar-refractivity contribution in [3.8, 4) is 11.1 Å². The van der Waals surface area contributed by atoms with Crippen LogP contribution in [-0.2, 0) is 16.2 Å². The van der Waals surface area contributed by atoms with Gasteiger partial charge < -0.3 is 19.1 Å². The van der Waals surface area contributed by atoms with Crippen LogP contribution in [0.4, 0.5) is 51.2 Å². The van der Waals surface area contributed by atoms with E-state index >= 15 is 0 Å². The van der Waals surface area contributed by atoms with E-state index in [0.29, 0.717) is 0 Å². The summed E-state index contributed by atoms with van der Waals surface area (Å²) in [4.78, 5) is 7.56. The molecule has 0 aliphatic carbocycles. The molecular weight excluding hydrogens is 930 g/mol. The van der Waals surface area contributed by atoms with Gasteiger partial charge in [-0.15, -0.1) is 11.3 Å². The zero-order valence-corrected chi connectivity index (χ0v) is 45.5. The third-order valence-corrected chi connectivity index (χ3v) is 17.0. The number of furan rings is 1. The minimum atomic E-state index is -0.0611. The lowest BCUT2D eigenvalue weighted by atomic mass is 9.36. The summed E-state index contributed by atoms with van der Waals surface area (Å²) in [7, 11) is 0. The predicted octanol–water partition coefficient (Wildman–Crippen LogP) is 18.2. The van der Waals surface area contributed by atoms with Crippen LogP contribution in [0.5, 0.6) is 0 Å². The van der Waals surface area contributed by atoms with Gasteiger partial charge in [0.05, 0.1) is 11.4 Å². The van der Waals surface area contributed by atoms with Gasteiger partial charge in [0, 0.05) is 65.4 Å². The average molecular weight is 992 g/mol. The summed E-state index contributed by atoms with van der Waals surface area (Å²) in [6, 6.07) is 72.9. The van der Waals surface area contributed by atoms with E-state index in [-0.39, 0.29) is 23.0 Å². The second kappa shape index (κ2) is 17.1. The van der Waals surface area contributed by atoms with Crippen LogP contribution in [0.1, 0.15) is 84.6 Å². The second-order valence-electron chi connectivity index (χ2n) is 23.9. The topological polar surface area (TPSA) is 22.9 Å².